The van der Waals surface area contributed by atoms with Gasteiger partial charge < -0.3 is 10.1 Å². The van der Waals surface area contributed by atoms with E-state index < -0.39 is 5.82 Å². The third-order valence-corrected chi connectivity index (χ3v) is 2.93. The van der Waals surface area contributed by atoms with Crippen molar-refractivity contribution < 1.29 is 9.13 Å². The highest BCUT2D eigenvalue weighted by Crippen LogP contribution is 2.33. The van der Waals surface area contributed by atoms with Gasteiger partial charge in [0.2, 0.25) is 5.95 Å². The molecule has 0 amide bonds. The van der Waals surface area contributed by atoms with E-state index in [1.165, 1.54) is 7.11 Å². The maximum atomic E-state index is 14.0. The molecule has 1 heterocycles. The quantitative estimate of drug-likeness (QED) is 0.912. The Kier molecular flexibility index (Phi) is 4.74. The van der Waals surface area contributed by atoms with Crippen LogP contribution in [0.2, 0.25) is 5.02 Å². The van der Waals surface area contributed by atoms with Crippen molar-refractivity contribution in [2.24, 2.45) is 0 Å². The van der Waals surface area contributed by atoms with Crippen molar-refractivity contribution in [1.82, 2.24) is 9.97 Å². The van der Waals surface area contributed by atoms with Gasteiger partial charge in [-0.15, -0.1) is 0 Å². The van der Waals surface area contributed by atoms with Gasteiger partial charge in [-0.2, -0.15) is 0 Å². The fraction of sp³-hybridized carbons (Fsp3) is 0.286. The van der Waals surface area contributed by atoms with Gasteiger partial charge in [-0.3, -0.25) is 0 Å². The number of hydrogen-bond acceptors (Lipinski definition) is 4. The van der Waals surface area contributed by atoms with Crippen LogP contribution < -0.4 is 10.1 Å². The summed E-state index contributed by atoms with van der Waals surface area (Å²) in [4.78, 5) is 8.10. The molecule has 0 aliphatic carbocycles. The summed E-state index contributed by atoms with van der Waals surface area (Å²) in [5.41, 5.74) is 0.664. The molecule has 0 aliphatic heterocycles. The summed E-state index contributed by atoms with van der Waals surface area (Å²) >= 11 is 5.96. The van der Waals surface area contributed by atoms with E-state index in [9.17, 15) is 4.39 Å². The first-order chi connectivity index (χ1) is 9.65. The largest absolute Gasteiger partial charge is 0.496 e. The van der Waals surface area contributed by atoms with Crippen molar-refractivity contribution >= 4 is 17.5 Å². The zero-order chi connectivity index (χ0) is 14.5. The standard InChI is InChI=1S/C14H15ClFN3O/c1-3-6-17-14-18-8-11(16)13(19-14)10-7-9(15)4-5-12(10)20-2/h4-5,7-8H,3,6H2,1-2H3,(H,17,18,19). The summed E-state index contributed by atoms with van der Waals surface area (Å²) in [6, 6.07) is 4.98. The van der Waals surface area contributed by atoms with Crippen molar-refractivity contribution in [2.75, 3.05) is 19.0 Å². The lowest BCUT2D eigenvalue weighted by Gasteiger charge is -2.10. The summed E-state index contributed by atoms with van der Waals surface area (Å²) in [7, 11) is 1.52. The van der Waals surface area contributed by atoms with Gasteiger partial charge in [-0.25, -0.2) is 14.4 Å². The minimum atomic E-state index is -0.521. The molecule has 6 heteroatoms. The van der Waals surface area contributed by atoms with Gasteiger partial charge in [-0.05, 0) is 24.6 Å². The molecule has 0 saturated carbocycles. The third kappa shape index (κ3) is 3.17. The van der Waals surface area contributed by atoms with Crippen LogP contribution in [0, 0.1) is 5.82 Å². The molecule has 0 saturated heterocycles. The first-order valence-electron chi connectivity index (χ1n) is 6.26. The number of aromatic nitrogens is 2. The molecular weight excluding hydrogens is 281 g/mol. The molecule has 1 aromatic heterocycles. The predicted molar refractivity (Wildman–Crippen MR) is 77.8 cm³/mol. The van der Waals surface area contributed by atoms with E-state index in [-0.39, 0.29) is 5.69 Å². The number of anilines is 1. The van der Waals surface area contributed by atoms with Crippen LogP contribution in [0.15, 0.2) is 24.4 Å². The Morgan fingerprint density at radius 2 is 2.20 bits per heavy atom. The summed E-state index contributed by atoms with van der Waals surface area (Å²) in [6.07, 6.45) is 2.07. The molecule has 1 N–H and O–H groups in total. The average molecular weight is 296 g/mol. The van der Waals surface area contributed by atoms with E-state index >= 15 is 0 Å². The lowest BCUT2D eigenvalue weighted by atomic mass is 10.1. The lowest BCUT2D eigenvalue weighted by molar-refractivity contribution is 0.416. The maximum absolute atomic E-state index is 14.0. The van der Waals surface area contributed by atoms with Crippen LogP contribution in [0.3, 0.4) is 0 Å². The number of benzene rings is 1. The highest BCUT2D eigenvalue weighted by atomic mass is 35.5. The van der Waals surface area contributed by atoms with Gasteiger partial charge in [0.25, 0.3) is 0 Å². The predicted octanol–water partition coefficient (Wildman–Crippen LogP) is 3.77. The second kappa shape index (κ2) is 6.52. The van der Waals surface area contributed by atoms with Gasteiger partial charge in [0, 0.05) is 17.1 Å². The summed E-state index contributed by atoms with van der Waals surface area (Å²) in [5.74, 6) is 0.367. The fourth-order valence-electron chi connectivity index (χ4n) is 1.74. The van der Waals surface area contributed by atoms with E-state index in [0.29, 0.717) is 22.3 Å². The van der Waals surface area contributed by atoms with Crippen molar-refractivity contribution in [2.45, 2.75) is 13.3 Å². The third-order valence-electron chi connectivity index (χ3n) is 2.69. The Balaban J connectivity index is 2.48. The van der Waals surface area contributed by atoms with Crippen LogP contribution in [0.1, 0.15) is 13.3 Å². The first-order valence-corrected chi connectivity index (χ1v) is 6.63. The Morgan fingerprint density at radius 3 is 2.90 bits per heavy atom. The first kappa shape index (κ1) is 14.5. The Bertz CT molecular complexity index is 607. The highest BCUT2D eigenvalue weighted by molar-refractivity contribution is 6.30. The molecule has 106 valence electrons. The van der Waals surface area contributed by atoms with Gasteiger partial charge >= 0.3 is 0 Å². The maximum Gasteiger partial charge on any atom is 0.223 e. The van der Waals surface area contributed by atoms with Crippen molar-refractivity contribution in [3.63, 3.8) is 0 Å². The Morgan fingerprint density at radius 1 is 1.40 bits per heavy atom. The molecule has 0 radical (unpaired) electrons. The topological polar surface area (TPSA) is 47.0 Å². The molecule has 0 fully saturated rings. The van der Waals surface area contributed by atoms with E-state index in [1.54, 1.807) is 18.2 Å². The molecule has 2 rings (SSSR count). The van der Waals surface area contributed by atoms with Crippen LogP contribution in [0.4, 0.5) is 10.3 Å². The minimum Gasteiger partial charge on any atom is -0.496 e. The van der Waals surface area contributed by atoms with Gasteiger partial charge in [0.05, 0.1) is 13.3 Å². The van der Waals surface area contributed by atoms with Gasteiger partial charge in [0.15, 0.2) is 5.82 Å². The summed E-state index contributed by atoms with van der Waals surface area (Å²) in [5, 5.41) is 3.51. The lowest BCUT2D eigenvalue weighted by Crippen LogP contribution is -2.06. The smallest absolute Gasteiger partial charge is 0.223 e. The molecule has 0 aliphatic rings. The van der Waals surface area contributed by atoms with E-state index in [2.05, 4.69) is 15.3 Å². The van der Waals surface area contributed by atoms with Crippen LogP contribution in [-0.4, -0.2) is 23.6 Å². The molecule has 1 aromatic carbocycles. The second-order valence-corrected chi connectivity index (χ2v) is 4.60. The zero-order valence-corrected chi connectivity index (χ0v) is 12.0. The molecule has 2 aromatic rings. The number of nitrogens with one attached hydrogen (secondary N) is 1. The molecule has 4 nitrogen and oxygen atoms in total. The monoisotopic (exact) mass is 295 g/mol. The number of methoxy groups -OCH3 is 1. The molecular formula is C14H15ClFN3O. The molecule has 0 atom stereocenters. The van der Waals surface area contributed by atoms with Crippen molar-refractivity contribution in [3.8, 4) is 17.0 Å². The number of rotatable bonds is 5. The van der Waals surface area contributed by atoms with Crippen LogP contribution >= 0.6 is 11.6 Å². The Labute approximate surface area is 122 Å². The minimum absolute atomic E-state index is 0.165. The van der Waals surface area contributed by atoms with E-state index in [1.807, 2.05) is 6.92 Å². The molecule has 0 spiro atoms. The number of hydrogen-bond donors (Lipinski definition) is 1. The average Bonchev–Trinajstić information content (AvgIpc) is 2.46. The highest BCUT2D eigenvalue weighted by Gasteiger charge is 2.14. The van der Waals surface area contributed by atoms with Crippen molar-refractivity contribution in [1.29, 1.82) is 0 Å². The Hall–Kier alpha value is -1.88. The normalized spacial score (nSPS) is 10.4. The number of halogens is 2. The SMILES string of the molecule is CCCNc1ncc(F)c(-c2cc(Cl)ccc2OC)n1. The number of ether oxygens (including phenoxy) is 1. The summed E-state index contributed by atoms with van der Waals surface area (Å²) in [6.45, 7) is 2.75. The second-order valence-electron chi connectivity index (χ2n) is 4.16. The van der Waals surface area contributed by atoms with E-state index in [4.69, 9.17) is 16.3 Å². The van der Waals surface area contributed by atoms with Crippen LogP contribution in [-0.2, 0) is 0 Å². The summed E-state index contributed by atoms with van der Waals surface area (Å²) < 4.78 is 19.2. The molecule has 20 heavy (non-hydrogen) atoms. The van der Waals surface area contributed by atoms with E-state index in [0.717, 1.165) is 19.2 Å². The molecule has 0 bridgehead atoms. The zero-order valence-electron chi connectivity index (χ0n) is 11.3. The van der Waals surface area contributed by atoms with Gasteiger partial charge in [-0.1, -0.05) is 18.5 Å². The van der Waals surface area contributed by atoms with Crippen LogP contribution in [0.5, 0.6) is 5.75 Å². The fourth-order valence-corrected chi connectivity index (χ4v) is 1.92. The molecule has 0 unspecified atom stereocenters. The van der Waals surface area contributed by atoms with Gasteiger partial charge in [0.1, 0.15) is 11.4 Å². The van der Waals surface area contributed by atoms with Crippen molar-refractivity contribution in [3.05, 3.63) is 35.2 Å². The van der Waals surface area contributed by atoms with Crippen LogP contribution in [0.25, 0.3) is 11.3 Å². The number of nitrogens with zero attached hydrogens (tertiary/aromatic N) is 2.